The molecule has 0 amide bonds. The summed E-state index contributed by atoms with van der Waals surface area (Å²) in [5.74, 6) is 0. The van der Waals surface area contributed by atoms with Crippen LogP contribution < -0.4 is 5.73 Å². The molecule has 1 heterocycles. The quantitative estimate of drug-likeness (QED) is 0.687. The van der Waals surface area contributed by atoms with Crippen LogP contribution in [0.5, 0.6) is 0 Å². The minimum atomic E-state index is 0.468. The molecule has 0 saturated carbocycles. The number of hydrogen-bond donors (Lipinski definition) is 1. The summed E-state index contributed by atoms with van der Waals surface area (Å²) in [6.07, 6.45) is 0. The van der Waals surface area contributed by atoms with Crippen molar-refractivity contribution in [1.29, 1.82) is 0 Å². The third-order valence-electron chi connectivity index (χ3n) is 1.90. The summed E-state index contributed by atoms with van der Waals surface area (Å²) in [5, 5.41) is 5.85. The van der Waals surface area contributed by atoms with E-state index >= 15 is 0 Å². The molecule has 0 atom stereocenters. The van der Waals surface area contributed by atoms with Gasteiger partial charge in [-0.1, -0.05) is 23.2 Å². The van der Waals surface area contributed by atoms with Gasteiger partial charge in [-0.2, -0.15) is 5.10 Å². The van der Waals surface area contributed by atoms with E-state index in [1.807, 2.05) is 0 Å². The fourth-order valence-electron chi connectivity index (χ4n) is 1.23. The molecule has 2 N–H and O–H groups in total. The van der Waals surface area contributed by atoms with Gasteiger partial charge in [-0.25, -0.2) is 0 Å². The van der Waals surface area contributed by atoms with Crippen LogP contribution in [0.15, 0.2) is 12.1 Å². The predicted molar refractivity (Wildman–Crippen MR) is 55.1 cm³/mol. The zero-order valence-corrected chi connectivity index (χ0v) is 8.39. The number of aryl methyl sites for hydroxylation is 1. The van der Waals surface area contributed by atoms with Crippen molar-refractivity contribution in [2.75, 3.05) is 5.73 Å². The van der Waals surface area contributed by atoms with Crippen LogP contribution in [0.4, 0.5) is 5.69 Å². The van der Waals surface area contributed by atoms with Gasteiger partial charge in [0.25, 0.3) is 0 Å². The van der Waals surface area contributed by atoms with Crippen LogP contribution in [0.3, 0.4) is 0 Å². The minimum Gasteiger partial charge on any atom is -0.398 e. The molecule has 1 aromatic carbocycles. The number of nitrogens with zero attached hydrogens (tertiary/aromatic N) is 2. The number of nitrogens with two attached hydrogens (primary N) is 1. The van der Waals surface area contributed by atoms with Gasteiger partial charge in [0.15, 0.2) is 0 Å². The molecule has 0 fully saturated rings. The van der Waals surface area contributed by atoms with Gasteiger partial charge < -0.3 is 5.73 Å². The molecule has 3 nitrogen and oxygen atoms in total. The Balaban J connectivity index is 2.97. The number of halogens is 2. The maximum absolute atomic E-state index is 5.98. The second-order valence-electron chi connectivity index (χ2n) is 2.78. The van der Waals surface area contributed by atoms with Crippen molar-refractivity contribution in [2.45, 2.75) is 0 Å². The van der Waals surface area contributed by atoms with E-state index in [0.717, 1.165) is 5.52 Å². The summed E-state index contributed by atoms with van der Waals surface area (Å²) in [5.41, 5.74) is 6.91. The van der Waals surface area contributed by atoms with E-state index in [4.69, 9.17) is 28.9 Å². The van der Waals surface area contributed by atoms with E-state index in [-0.39, 0.29) is 0 Å². The summed E-state index contributed by atoms with van der Waals surface area (Å²) in [6, 6.07) is 3.51. The number of fused-ring (bicyclic) bond motifs is 1. The molecule has 5 heteroatoms. The highest BCUT2D eigenvalue weighted by molar-refractivity contribution is 6.43. The van der Waals surface area contributed by atoms with Gasteiger partial charge in [-0.15, -0.1) is 0 Å². The first kappa shape index (κ1) is 8.66. The lowest BCUT2D eigenvalue weighted by Gasteiger charge is -1.97. The van der Waals surface area contributed by atoms with Crippen LogP contribution in [-0.4, -0.2) is 9.78 Å². The van der Waals surface area contributed by atoms with E-state index in [1.54, 1.807) is 23.9 Å². The Bertz CT molecular complexity index is 476. The van der Waals surface area contributed by atoms with E-state index in [0.29, 0.717) is 21.2 Å². The van der Waals surface area contributed by atoms with Crippen molar-refractivity contribution in [3.8, 4) is 0 Å². The molecule has 2 rings (SSSR count). The topological polar surface area (TPSA) is 43.8 Å². The molecule has 0 radical (unpaired) electrons. The number of aromatic nitrogens is 2. The summed E-state index contributed by atoms with van der Waals surface area (Å²) in [6.45, 7) is 0. The van der Waals surface area contributed by atoms with Gasteiger partial charge >= 0.3 is 0 Å². The van der Waals surface area contributed by atoms with E-state index < -0.39 is 0 Å². The first-order chi connectivity index (χ1) is 6.11. The lowest BCUT2D eigenvalue weighted by atomic mass is 10.2. The van der Waals surface area contributed by atoms with Crippen molar-refractivity contribution in [2.24, 2.45) is 7.05 Å². The molecule has 0 saturated heterocycles. The Hall–Kier alpha value is -0.930. The summed E-state index contributed by atoms with van der Waals surface area (Å²) >= 11 is 12.0. The standard InChI is InChI=1S/C8H7Cl2N3/c1-13-8(10)6-5(12-13)3-2-4(11)7(6)9/h2-3H,11H2,1H3. The lowest BCUT2D eigenvalue weighted by Crippen LogP contribution is -1.87. The molecule has 0 aliphatic heterocycles. The molecule has 0 spiro atoms. The molecular weight excluding hydrogens is 209 g/mol. The van der Waals surface area contributed by atoms with Crippen LogP contribution >= 0.6 is 23.2 Å². The van der Waals surface area contributed by atoms with Crippen LogP contribution in [0.1, 0.15) is 0 Å². The predicted octanol–water partition coefficient (Wildman–Crippen LogP) is 2.46. The Labute approximate surface area is 85.0 Å². The molecular formula is C8H7Cl2N3. The average Bonchev–Trinajstić information content (AvgIpc) is 2.37. The van der Waals surface area contributed by atoms with Gasteiger partial charge in [-0.05, 0) is 12.1 Å². The third kappa shape index (κ3) is 1.16. The first-order valence-electron chi connectivity index (χ1n) is 3.67. The molecule has 2 aromatic rings. The fourth-order valence-corrected chi connectivity index (χ4v) is 1.76. The SMILES string of the molecule is Cn1nc2ccc(N)c(Cl)c2c1Cl. The van der Waals surface area contributed by atoms with E-state index in [2.05, 4.69) is 5.10 Å². The summed E-state index contributed by atoms with van der Waals surface area (Å²) in [7, 11) is 1.76. The van der Waals surface area contributed by atoms with Crippen molar-refractivity contribution >= 4 is 39.8 Å². The van der Waals surface area contributed by atoms with Crippen molar-refractivity contribution in [1.82, 2.24) is 9.78 Å². The Morgan fingerprint density at radius 2 is 2.08 bits per heavy atom. The lowest BCUT2D eigenvalue weighted by molar-refractivity contribution is 0.780. The maximum atomic E-state index is 5.98. The van der Waals surface area contributed by atoms with E-state index in [1.165, 1.54) is 0 Å². The highest BCUT2D eigenvalue weighted by Gasteiger charge is 2.11. The maximum Gasteiger partial charge on any atom is 0.136 e. The normalized spacial score (nSPS) is 11.0. The van der Waals surface area contributed by atoms with Crippen LogP contribution in [0, 0.1) is 0 Å². The van der Waals surface area contributed by atoms with Crippen molar-refractivity contribution < 1.29 is 0 Å². The second kappa shape index (κ2) is 2.79. The number of nitrogen functional groups attached to an aromatic ring is 1. The molecule has 13 heavy (non-hydrogen) atoms. The van der Waals surface area contributed by atoms with Gasteiger partial charge in [0.2, 0.25) is 0 Å². The number of anilines is 1. The summed E-state index contributed by atoms with van der Waals surface area (Å²) < 4.78 is 1.57. The Kier molecular flexibility index (Phi) is 1.86. The van der Waals surface area contributed by atoms with Crippen molar-refractivity contribution in [3.63, 3.8) is 0 Å². The van der Waals surface area contributed by atoms with Crippen LogP contribution in [0.2, 0.25) is 10.2 Å². The third-order valence-corrected chi connectivity index (χ3v) is 2.74. The number of rotatable bonds is 0. The molecule has 0 bridgehead atoms. The van der Waals surface area contributed by atoms with Gasteiger partial charge in [0.05, 0.1) is 21.6 Å². The number of hydrogen-bond acceptors (Lipinski definition) is 2. The Morgan fingerprint density at radius 1 is 1.38 bits per heavy atom. The average molecular weight is 216 g/mol. The highest BCUT2D eigenvalue weighted by Crippen LogP contribution is 2.33. The minimum absolute atomic E-state index is 0.468. The van der Waals surface area contributed by atoms with Crippen molar-refractivity contribution in [3.05, 3.63) is 22.3 Å². The molecule has 68 valence electrons. The zero-order valence-electron chi connectivity index (χ0n) is 6.88. The Morgan fingerprint density at radius 3 is 2.77 bits per heavy atom. The molecule has 1 aromatic heterocycles. The second-order valence-corrected chi connectivity index (χ2v) is 3.51. The smallest absolute Gasteiger partial charge is 0.136 e. The van der Waals surface area contributed by atoms with Gasteiger partial charge in [0.1, 0.15) is 5.15 Å². The first-order valence-corrected chi connectivity index (χ1v) is 4.43. The van der Waals surface area contributed by atoms with Gasteiger partial charge in [-0.3, -0.25) is 4.68 Å². The van der Waals surface area contributed by atoms with Crippen LogP contribution in [0.25, 0.3) is 10.9 Å². The van der Waals surface area contributed by atoms with Gasteiger partial charge in [0, 0.05) is 7.05 Å². The van der Waals surface area contributed by atoms with E-state index in [9.17, 15) is 0 Å². The highest BCUT2D eigenvalue weighted by atomic mass is 35.5. The summed E-state index contributed by atoms with van der Waals surface area (Å²) in [4.78, 5) is 0. The zero-order chi connectivity index (χ0) is 9.59. The molecule has 0 aliphatic rings. The molecule has 0 unspecified atom stereocenters. The fraction of sp³-hybridized carbons (Fsp3) is 0.125. The monoisotopic (exact) mass is 215 g/mol. The number of benzene rings is 1. The largest absolute Gasteiger partial charge is 0.398 e. The van der Waals surface area contributed by atoms with Crippen LogP contribution in [-0.2, 0) is 7.05 Å². The molecule has 0 aliphatic carbocycles.